The van der Waals surface area contributed by atoms with Crippen molar-refractivity contribution in [1.29, 1.82) is 0 Å². The van der Waals surface area contributed by atoms with Gasteiger partial charge in [-0.05, 0) is 41.5 Å². The summed E-state index contributed by atoms with van der Waals surface area (Å²) in [7, 11) is 0. The van der Waals surface area contributed by atoms with E-state index in [4.69, 9.17) is 11.5 Å². The van der Waals surface area contributed by atoms with Crippen LogP contribution in [0.2, 0.25) is 0 Å². The van der Waals surface area contributed by atoms with Crippen molar-refractivity contribution in [3.8, 4) is 0 Å². The van der Waals surface area contributed by atoms with Gasteiger partial charge in [-0.2, -0.15) is 10.2 Å². The number of aliphatic hydroxyl groups excluding tert-OH is 2. The van der Waals surface area contributed by atoms with Gasteiger partial charge in [0, 0.05) is 0 Å². The van der Waals surface area contributed by atoms with Crippen LogP contribution in [0.5, 0.6) is 0 Å². The number of hydrogen-bond donors (Lipinski definition) is 4. The molecule has 0 radical (unpaired) electrons. The zero-order valence-electron chi connectivity index (χ0n) is 13.8. The van der Waals surface area contributed by atoms with Crippen LogP contribution in [0.25, 0.3) is 0 Å². The van der Waals surface area contributed by atoms with Crippen LogP contribution in [0.15, 0.2) is 20.2 Å². The van der Waals surface area contributed by atoms with Gasteiger partial charge < -0.3 is 21.7 Å². The zero-order chi connectivity index (χ0) is 16.1. The normalized spacial score (nSPS) is 16.7. The van der Waals surface area contributed by atoms with Crippen LogP contribution in [0, 0.1) is 0 Å². The van der Waals surface area contributed by atoms with Crippen molar-refractivity contribution in [2.24, 2.45) is 31.7 Å². The van der Waals surface area contributed by atoms with E-state index in [0.717, 1.165) is 0 Å². The first-order chi connectivity index (χ1) is 8.88. The monoisotopic (exact) mass is 358 g/mol. The molecule has 8 nitrogen and oxygen atoms in total. The standard InChI is InChI=1S/C12H26N6O2.2ClH/c1-7(19)15-9(13)11(3,4)17-18-12(5,6)10(14)16-8(2)20;;/h7-8,19-20H,1-6H3,(H2,13,15)(H2,14,16);2*1H. The molecule has 0 amide bonds. The van der Waals surface area contributed by atoms with Crippen LogP contribution < -0.4 is 11.5 Å². The number of aliphatic imine (C=N–C) groups is 2. The minimum atomic E-state index is -0.903. The highest BCUT2D eigenvalue weighted by atomic mass is 35.5. The Balaban J connectivity index is -0.00000180. The first-order valence-electron chi connectivity index (χ1n) is 6.36. The van der Waals surface area contributed by atoms with E-state index in [0.29, 0.717) is 0 Å². The average molecular weight is 359 g/mol. The first kappa shape index (κ1) is 26.0. The van der Waals surface area contributed by atoms with Gasteiger partial charge in [0.1, 0.15) is 35.2 Å². The minimum absolute atomic E-state index is 0. The lowest BCUT2D eigenvalue weighted by molar-refractivity contribution is 0.203. The number of amidine groups is 2. The molecule has 0 saturated carbocycles. The van der Waals surface area contributed by atoms with Gasteiger partial charge in [-0.25, -0.2) is 9.98 Å². The summed E-state index contributed by atoms with van der Waals surface area (Å²) >= 11 is 0. The van der Waals surface area contributed by atoms with E-state index in [-0.39, 0.29) is 36.5 Å². The molecule has 0 rings (SSSR count). The van der Waals surface area contributed by atoms with Crippen molar-refractivity contribution in [2.75, 3.05) is 0 Å². The Morgan fingerprint density at radius 1 is 0.773 bits per heavy atom. The van der Waals surface area contributed by atoms with Crippen LogP contribution in [0.3, 0.4) is 0 Å². The van der Waals surface area contributed by atoms with Gasteiger partial charge in [-0.1, -0.05) is 0 Å². The Bertz CT molecular complexity index is 382. The first-order valence-corrected chi connectivity index (χ1v) is 6.36. The topological polar surface area (TPSA) is 142 Å². The van der Waals surface area contributed by atoms with Gasteiger partial charge in [-0.15, -0.1) is 24.8 Å². The van der Waals surface area contributed by atoms with Crippen molar-refractivity contribution >= 4 is 36.5 Å². The van der Waals surface area contributed by atoms with Crippen LogP contribution in [0.4, 0.5) is 0 Å². The van der Waals surface area contributed by atoms with Crippen molar-refractivity contribution < 1.29 is 10.2 Å². The van der Waals surface area contributed by atoms with Crippen LogP contribution in [-0.2, 0) is 0 Å². The number of aliphatic hydroxyl groups is 2. The second kappa shape index (κ2) is 9.94. The predicted octanol–water partition coefficient (Wildman–Crippen LogP) is 1.23. The van der Waals surface area contributed by atoms with Crippen molar-refractivity contribution in [2.45, 2.75) is 65.1 Å². The number of nitrogens with zero attached hydrogens (tertiary/aromatic N) is 4. The lowest BCUT2D eigenvalue weighted by Gasteiger charge is -2.23. The molecule has 2 unspecified atom stereocenters. The predicted molar refractivity (Wildman–Crippen MR) is 94.1 cm³/mol. The fourth-order valence-corrected chi connectivity index (χ4v) is 1.07. The third kappa shape index (κ3) is 9.14. The maximum absolute atomic E-state index is 9.19. The summed E-state index contributed by atoms with van der Waals surface area (Å²) in [4.78, 5) is 7.68. The molecule has 0 spiro atoms. The molecule has 0 aliphatic heterocycles. The average Bonchev–Trinajstić information content (AvgIpc) is 2.24. The third-order valence-electron chi connectivity index (χ3n) is 2.46. The molecule has 0 bridgehead atoms. The molecule has 0 aromatic carbocycles. The molecule has 0 aromatic rings. The van der Waals surface area contributed by atoms with E-state index in [9.17, 15) is 10.2 Å². The fraction of sp³-hybridized carbons (Fsp3) is 0.833. The number of halogens is 2. The lowest BCUT2D eigenvalue weighted by atomic mass is 10.0. The molecular weight excluding hydrogens is 331 g/mol. The number of hydrogen-bond acceptors (Lipinski definition) is 6. The molecule has 22 heavy (non-hydrogen) atoms. The van der Waals surface area contributed by atoms with Crippen LogP contribution in [-0.4, -0.2) is 45.4 Å². The van der Waals surface area contributed by atoms with Crippen LogP contribution >= 0.6 is 24.8 Å². The molecule has 132 valence electrons. The molecule has 0 saturated heterocycles. The Morgan fingerprint density at radius 3 is 1.18 bits per heavy atom. The highest BCUT2D eigenvalue weighted by molar-refractivity contribution is 5.90. The number of nitrogens with two attached hydrogens (primary N) is 2. The molecule has 10 heteroatoms. The molecular formula is C12H28Cl2N6O2. The maximum atomic E-state index is 9.19. The van der Waals surface area contributed by atoms with Crippen molar-refractivity contribution in [3.05, 3.63) is 0 Å². The summed E-state index contributed by atoms with van der Waals surface area (Å²) in [6.45, 7) is 9.87. The smallest absolute Gasteiger partial charge is 0.144 e. The fourth-order valence-electron chi connectivity index (χ4n) is 1.07. The van der Waals surface area contributed by atoms with E-state index in [1.807, 2.05) is 0 Å². The molecule has 0 aromatic heterocycles. The Hall–Kier alpha value is -0.960. The van der Waals surface area contributed by atoms with Crippen molar-refractivity contribution in [1.82, 2.24) is 0 Å². The summed E-state index contributed by atoms with van der Waals surface area (Å²) < 4.78 is 0. The SMILES string of the molecule is CC(O)N=C(N)C(C)(C)N=NC(C)(C)C(N)=NC(C)O.Cl.Cl. The zero-order valence-corrected chi connectivity index (χ0v) is 15.4. The van der Waals surface area contributed by atoms with E-state index in [2.05, 4.69) is 20.2 Å². The van der Waals surface area contributed by atoms with E-state index in [1.54, 1.807) is 27.7 Å². The summed E-state index contributed by atoms with van der Waals surface area (Å²) in [6.07, 6.45) is -1.81. The second-order valence-electron chi connectivity index (χ2n) is 5.61. The summed E-state index contributed by atoms with van der Waals surface area (Å²) in [5.41, 5.74) is 9.80. The molecule has 0 aliphatic carbocycles. The quantitative estimate of drug-likeness (QED) is 0.321. The van der Waals surface area contributed by atoms with Gasteiger partial charge in [0.2, 0.25) is 0 Å². The molecule has 2 atom stereocenters. The molecule has 0 heterocycles. The Labute approximate surface area is 144 Å². The van der Waals surface area contributed by atoms with Gasteiger partial charge in [0.25, 0.3) is 0 Å². The van der Waals surface area contributed by atoms with Gasteiger partial charge in [-0.3, -0.25) is 0 Å². The molecule has 0 fully saturated rings. The Kier molecular flexibility index (Phi) is 11.7. The second-order valence-corrected chi connectivity index (χ2v) is 5.61. The lowest BCUT2D eigenvalue weighted by Crippen LogP contribution is -2.40. The van der Waals surface area contributed by atoms with E-state index in [1.165, 1.54) is 13.8 Å². The highest BCUT2D eigenvalue weighted by Gasteiger charge is 2.27. The van der Waals surface area contributed by atoms with Crippen molar-refractivity contribution in [3.63, 3.8) is 0 Å². The largest absolute Gasteiger partial charge is 0.385 e. The minimum Gasteiger partial charge on any atom is -0.385 e. The van der Waals surface area contributed by atoms with Gasteiger partial charge >= 0.3 is 0 Å². The number of rotatable bonds is 6. The Morgan fingerprint density at radius 2 is 1.00 bits per heavy atom. The van der Waals surface area contributed by atoms with E-state index < -0.39 is 23.5 Å². The van der Waals surface area contributed by atoms with Crippen LogP contribution in [0.1, 0.15) is 41.5 Å². The maximum Gasteiger partial charge on any atom is 0.144 e. The number of azo groups is 1. The third-order valence-corrected chi connectivity index (χ3v) is 2.46. The van der Waals surface area contributed by atoms with Gasteiger partial charge in [0.15, 0.2) is 0 Å². The summed E-state index contributed by atoms with van der Waals surface area (Å²) in [6, 6.07) is 0. The van der Waals surface area contributed by atoms with E-state index >= 15 is 0 Å². The highest BCUT2D eigenvalue weighted by Crippen LogP contribution is 2.17. The summed E-state index contributed by atoms with van der Waals surface area (Å²) in [5, 5.41) is 26.6. The van der Waals surface area contributed by atoms with Gasteiger partial charge in [0.05, 0.1) is 0 Å². The molecule has 6 N–H and O–H groups in total. The summed E-state index contributed by atoms with van der Waals surface area (Å²) in [5.74, 6) is 0.330. The molecule has 0 aliphatic rings.